The van der Waals surface area contributed by atoms with Gasteiger partial charge in [-0.2, -0.15) is 5.10 Å². The van der Waals surface area contributed by atoms with Gasteiger partial charge >= 0.3 is 0 Å². The van der Waals surface area contributed by atoms with Crippen molar-refractivity contribution in [2.75, 3.05) is 5.73 Å². The molecule has 0 saturated carbocycles. The van der Waals surface area contributed by atoms with Crippen LogP contribution >= 0.6 is 0 Å². The van der Waals surface area contributed by atoms with Crippen LogP contribution in [0.3, 0.4) is 0 Å². The first-order valence-electron chi connectivity index (χ1n) is 3.72. The number of aromatic amines is 1. The normalized spacial score (nSPS) is 13.3. The van der Waals surface area contributed by atoms with Crippen LogP contribution in [0.1, 0.15) is 31.4 Å². The van der Waals surface area contributed by atoms with Crippen LogP contribution in [0.25, 0.3) is 0 Å². The summed E-state index contributed by atoms with van der Waals surface area (Å²) in [6.45, 7) is 2.01. The number of nitrogens with zero attached hydrogens (tertiary/aromatic N) is 1. The van der Waals surface area contributed by atoms with Gasteiger partial charge in [-0.3, -0.25) is 5.10 Å². The highest BCUT2D eigenvalue weighted by Crippen LogP contribution is 2.21. The van der Waals surface area contributed by atoms with Gasteiger partial charge in [0.25, 0.3) is 0 Å². The molecule has 1 rings (SSSR count). The highest BCUT2D eigenvalue weighted by molar-refractivity contribution is 5.38. The van der Waals surface area contributed by atoms with Gasteiger partial charge in [0.15, 0.2) is 0 Å². The third kappa shape index (κ3) is 1.71. The molecule has 4 heteroatoms. The van der Waals surface area contributed by atoms with Crippen LogP contribution < -0.4 is 5.73 Å². The van der Waals surface area contributed by atoms with Gasteiger partial charge in [0.1, 0.15) is 5.82 Å². The molecular formula is C7H13N3O. The van der Waals surface area contributed by atoms with E-state index in [1.54, 1.807) is 6.20 Å². The Morgan fingerprint density at radius 1 is 1.82 bits per heavy atom. The Morgan fingerprint density at radius 2 is 2.55 bits per heavy atom. The highest BCUT2D eigenvalue weighted by atomic mass is 16.3. The van der Waals surface area contributed by atoms with Crippen LogP contribution in [0.5, 0.6) is 0 Å². The third-order valence-electron chi connectivity index (χ3n) is 1.62. The average Bonchev–Trinajstić information content (AvgIpc) is 2.36. The van der Waals surface area contributed by atoms with E-state index in [9.17, 15) is 5.11 Å². The summed E-state index contributed by atoms with van der Waals surface area (Å²) >= 11 is 0. The Balaban J connectivity index is 2.67. The van der Waals surface area contributed by atoms with Crippen molar-refractivity contribution in [2.45, 2.75) is 25.9 Å². The molecule has 0 spiro atoms. The van der Waals surface area contributed by atoms with Crippen molar-refractivity contribution >= 4 is 5.82 Å². The van der Waals surface area contributed by atoms with Crippen molar-refractivity contribution in [2.24, 2.45) is 0 Å². The van der Waals surface area contributed by atoms with Crippen LogP contribution in [0.4, 0.5) is 5.82 Å². The molecule has 0 radical (unpaired) electrons. The first-order valence-corrected chi connectivity index (χ1v) is 3.72. The van der Waals surface area contributed by atoms with Crippen LogP contribution in [-0.2, 0) is 0 Å². The minimum atomic E-state index is -0.473. The fourth-order valence-electron chi connectivity index (χ4n) is 1.000. The van der Waals surface area contributed by atoms with E-state index in [-0.39, 0.29) is 0 Å². The van der Waals surface area contributed by atoms with Crippen molar-refractivity contribution in [3.63, 3.8) is 0 Å². The molecule has 1 heterocycles. The number of nitrogens with one attached hydrogen (secondary N) is 1. The Morgan fingerprint density at radius 3 is 3.00 bits per heavy atom. The number of aliphatic hydroxyl groups excluding tert-OH is 1. The number of hydrogen-bond acceptors (Lipinski definition) is 3. The lowest BCUT2D eigenvalue weighted by Crippen LogP contribution is -1.99. The van der Waals surface area contributed by atoms with E-state index in [4.69, 9.17) is 5.73 Å². The van der Waals surface area contributed by atoms with E-state index < -0.39 is 6.10 Å². The van der Waals surface area contributed by atoms with Crippen LogP contribution in [0, 0.1) is 0 Å². The molecule has 0 aliphatic carbocycles. The molecule has 0 aliphatic heterocycles. The van der Waals surface area contributed by atoms with Crippen molar-refractivity contribution in [3.05, 3.63) is 11.8 Å². The van der Waals surface area contributed by atoms with Crippen molar-refractivity contribution in [1.82, 2.24) is 10.2 Å². The number of aliphatic hydroxyl groups is 1. The Kier molecular flexibility index (Phi) is 2.48. The summed E-state index contributed by atoms with van der Waals surface area (Å²) in [4.78, 5) is 0. The predicted octanol–water partition coefficient (Wildman–Crippen LogP) is 0.825. The zero-order valence-electron chi connectivity index (χ0n) is 6.54. The minimum absolute atomic E-state index is 0.464. The number of nitrogens with two attached hydrogens (primary N) is 1. The second-order valence-corrected chi connectivity index (χ2v) is 2.54. The molecular weight excluding hydrogens is 142 g/mol. The van der Waals surface area contributed by atoms with Gasteiger partial charge in [0, 0.05) is 5.56 Å². The smallest absolute Gasteiger partial charge is 0.124 e. The number of anilines is 1. The molecule has 0 fully saturated rings. The van der Waals surface area contributed by atoms with E-state index in [0.717, 1.165) is 12.8 Å². The first kappa shape index (κ1) is 8.07. The van der Waals surface area contributed by atoms with Gasteiger partial charge in [-0.15, -0.1) is 0 Å². The van der Waals surface area contributed by atoms with Gasteiger partial charge in [0.2, 0.25) is 0 Å². The molecule has 62 valence electrons. The molecule has 1 aromatic rings. The fraction of sp³-hybridized carbons (Fsp3) is 0.571. The fourth-order valence-corrected chi connectivity index (χ4v) is 1.000. The van der Waals surface area contributed by atoms with E-state index in [1.807, 2.05) is 6.92 Å². The van der Waals surface area contributed by atoms with Crippen LogP contribution in [-0.4, -0.2) is 15.3 Å². The minimum Gasteiger partial charge on any atom is -0.388 e. The molecule has 0 amide bonds. The molecule has 1 atom stereocenters. The Bertz CT molecular complexity index is 221. The van der Waals surface area contributed by atoms with Gasteiger partial charge < -0.3 is 10.8 Å². The number of H-pyrrole nitrogens is 1. The molecule has 4 nitrogen and oxygen atoms in total. The molecule has 11 heavy (non-hydrogen) atoms. The van der Waals surface area contributed by atoms with E-state index >= 15 is 0 Å². The number of nitrogen functional groups attached to an aromatic ring is 1. The zero-order valence-corrected chi connectivity index (χ0v) is 6.54. The summed E-state index contributed by atoms with van der Waals surface area (Å²) in [5.74, 6) is 0.464. The lowest BCUT2D eigenvalue weighted by molar-refractivity contribution is 0.167. The molecule has 1 aromatic heterocycles. The molecule has 0 saturated heterocycles. The number of rotatable bonds is 3. The van der Waals surface area contributed by atoms with E-state index in [2.05, 4.69) is 10.2 Å². The summed E-state index contributed by atoms with van der Waals surface area (Å²) in [7, 11) is 0. The summed E-state index contributed by atoms with van der Waals surface area (Å²) in [5, 5.41) is 15.7. The van der Waals surface area contributed by atoms with E-state index in [0.29, 0.717) is 11.4 Å². The standard InChI is InChI=1S/C7H13N3O/c1-2-3-6(11)5-4-9-10-7(5)8/h4,6,11H,2-3H2,1H3,(H3,8,9,10). The topological polar surface area (TPSA) is 74.9 Å². The van der Waals surface area contributed by atoms with Gasteiger partial charge in [0.05, 0.1) is 12.3 Å². The maximum atomic E-state index is 9.45. The van der Waals surface area contributed by atoms with Crippen LogP contribution in [0.2, 0.25) is 0 Å². The van der Waals surface area contributed by atoms with Gasteiger partial charge in [-0.25, -0.2) is 0 Å². The zero-order chi connectivity index (χ0) is 8.27. The summed E-state index contributed by atoms with van der Waals surface area (Å²) < 4.78 is 0. The Hall–Kier alpha value is -1.03. The lowest BCUT2D eigenvalue weighted by atomic mass is 10.1. The molecule has 0 aliphatic rings. The largest absolute Gasteiger partial charge is 0.388 e. The van der Waals surface area contributed by atoms with Gasteiger partial charge in [-0.05, 0) is 6.42 Å². The second kappa shape index (κ2) is 3.39. The average molecular weight is 155 g/mol. The van der Waals surface area contributed by atoms with Crippen molar-refractivity contribution in [3.8, 4) is 0 Å². The Labute approximate surface area is 65.4 Å². The summed E-state index contributed by atoms with van der Waals surface area (Å²) in [6.07, 6.45) is 2.75. The maximum Gasteiger partial charge on any atom is 0.124 e. The first-order chi connectivity index (χ1) is 5.25. The molecule has 0 bridgehead atoms. The third-order valence-corrected chi connectivity index (χ3v) is 1.62. The molecule has 4 N–H and O–H groups in total. The second-order valence-electron chi connectivity index (χ2n) is 2.54. The number of hydrogen-bond donors (Lipinski definition) is 3. The predicted molar refractivity (Wildman–Crippen MR) is 42.9 cm³/mol. The molecule has 1 unspecified atom stereocenters. The monoisotopic (exact) mass is 155 g/mol. The lowest BCUT2D eigenvalue weighted by Gasteiger charge is -2.06. The number of aromatic nitrogens is 2. The van der Waals surface area contributed by atoms with Crippen molar-refractivity contribution < 1.29 is 5.11 Å². The van der Waals surface area contributed by atoms with Gasteiger partial charge in [-0.1, -0.05) is 13.3 Å². The quantitative estimate of drug-likeness (QED) is 0.605. The van der Waals surface area contributed by atoms with Crippen LogP contribution in [0.15, 0.2) is 6.20 Å². The maximum absolute atomic E-state index is 9.45. The summed E-state index contributed by atoms with van der Waals surface area (Å²) in [5.41, 5.74) is 6.19. The SMILES string of the molecule is CCCC(O)c1cn[nH]c1N. The van der Waals surface area contributed by atoms with Crippen molar-refractivity contribution in [1.29, 1.82) is 0 Å². The highest BCUT2D eigenvalue weighted by Gasteiger charge is 2.10. The molecule has 0 aromatic carbocycles. The summed E-state index contributed by atoms with van der Waals surface area (Å²) in [6, 6.07) is 0. The van der Waals surface area contributed by atoms with E-state index in [1.165, 1.54) is 0 Å².